The Kier molecular flexibility index (Phi) is 3.79. The third kappa shape index (κ3) is 1.86. The molecule has 134 valence electrons. The molecule has 1 aliphatic carbocycles. The lowest BCUT2D eigenvalue weighted by Gasteiger charge is -2.66. The normalized spacial score (nSPS) is 32.0. The number of benzene rings is 1. The molecule has 1 aromatic rings. The van der Waals surface area contributed by atoms with E-state index in [9.17, 15) is 0 Å². The van der Waals surface area contributed by atoms with E-state index in [0.29, 0.717) is 6.17 Å². The SMILES string of the molecule is CCCCc1ccc2c(c1)N1C=CN(C)C1C1(CC)C(C)=CC21CC. The van der Waals surface area contributed by atoms with Crippen LogP contribution in [0.25, 0.3) is 0 Å². The van der Waals surface area contributed by atoms with E-state index in [1.54, 1.807) is 11.1 Å². The Labute approximate surface area is 153 Å². The van der Waals surface area contributed by atoms with Crippen molar-refractivity contribution < 1.29 is 0 Å². The number of nitrogens with zero attached hydrogens (tertiary/aromatic N) is 2. The third-order valence-electron chi connectivity index (χ3n) is 7.27. The molecule has 1 aromatic carbocycles. The molecular weight excluding hydrogens is 304 g/mol. The van der Waals surface area contributed by atoms with Crippen molar-refractivity contribution in [3.63, 3.8) is 0 Å². The highest BCUT2D eigenvalue weighted by molar-refractivity contribution is 5.71. The summed E-state index contributed by atoms with van der Waals surface area (Å²) in [5.41, 5.74) is 6.44. The van der Waals surface area contributed by atoms with Crippen molar-refractivity contribution in [2.24, 2.45) is 5.41 Å². The summed E-state index contributed by atoms with van der Waals surface area (Å²) >= 11 is 0. The number of hydrogen-bond acceptors (Lipinski definition) is 2. The molecule has 3 unspecified atom stereocenters. The average Bonchev–Trinajstić information content (AvgIpc) is 3.00. The molecule has 0 bridgehead atoms. The lowest BCUT2D eigenvalue weighted by molar-refractivity contribution is 0.0447. The molecule has 3 aliphatic rings. The van der Waals surface area contributed by atoms with Gasteiger partial charge in [-0.05, 0) is 49.8 Å². The maximum Gasteiger partial charge on any atom is 0.116 e. The van der Waals surface area contributed by atoms with Gasteiger partial charge in [0, 0.05) is 36.0 Å². The first-order chi connectivity index (χ1) is 12.1. The van der Waals surface area contributed by atoms with Gasteiger partial charge in [0.2, 0.25) is 0 Å². The van der Waals surface area contributed by atoms with E-state index in [4.69, 9.17) is 0 Å². The second-order valence-corrected chi connectivity index (χ2v) is 8.18. The van der Waals surface area contributed by atoms with Crippen LogP contribution in [0.5, 0.6) is 0 Å². The van der Waals surface area contributed by atoms with E-state index in [1.807, 2.05) is 0 Å². The van der Waals surface area contributed by atoms with Crippen molar-refractivity contribution in [3.8, 4) is 0 Å². The number of anilines is 1. The van der Waals surface area contributed by atoms with Crippen LogP contribution in [0.1, 0.15) is 64.5 Å². The highest BCUT2D eigenvalue weighted by Gasteiger charge is 2.66. The Morgan fingerprint density at radius 2 is 1.88 bits per heavy atom. The second kappa shape index (κ2) is 5.65. The monoisotopic (exact) mass is 336 g/mol. The highest BCUT2D eigenvalue weighted by atomic mass is 15.4. The van der Waals surface area contributed by atoms with Gasteiger partial charge in [-0.3, -0.25) is 0 Å². The Morgan fingerprint density at radius 1 is 1.08 bits per heavy atom. The van der Waals surface area contributed by atoms with Gasteiger partial charge in [-0.1, -0.05) is 51.0 Å². The smallest absolute Gasteiger partial charge is 0.116 e. The van der Waals surface area contributed by atoms with Crippen LogP contribution in [0.15, 0.2) is 42.2 Å². The topological polar surface area (TPSA) is 6.48 Å². The molecule has 0 radical (unpaired) electrons. The summed E-state index contributed by atoms with van der Waals surface area (Å²) in [5, 5.41) is 0. The van der Waals surface area contributed by atoms with Crippen LogP contribution < -0.4 is 4.90 Å². The predicted molar refractivity (Wildman–Crippen MR) is 107 cm³/mol. The summed E-state index contributed by atoms with van der Waals surface area (Å²) in [6.07, 6.45) is 13.6. The highest BCUT2D eigenvalue weighted by Crippen LogP contribution is 2.68. The zero-order chi connectivity index (χ0) is 17.8. The molecule has 2 nitrogen and oxygen atoms in total. The van der Waals surface area contributed by atoms with Gasteiger partial charge in [-0.15, -0.1) is 0 Å². The first kappa shape index (κ1) is 16.8. The van der Waals surface area contributed by atoms with Crippen molar-refractivity contribution in [1.29, 1.82) is 0 Å². The Hall–Kier alpha value is -1.70. The minimum Gasteiger partial charge on any atom is -0.358 e. The molecule has 0 amide bonds. The fraction of sp³-hybridized carbons (Fsp3) is 0.565. The molecule has 0 aromatic heterocycles. The molecule has 0 fully saturated rings. The summed E-state index contributed by atoms with van der Waals surface area (Å²) in [6.45, 7) is 9.38. The van der Waals surface area contributed by atoms with Crippen molar-refractivity contribution in [2.45, 2.75) is 71.4 Å². The molecule has 2 aliphatic heterocycles. The van der Waals surface area contributed by atoms with Gasteiger partial charge in [-0.2, -0.15) is 0 Å². The number of hydrogen-bond donors (Lipinski definition) is 0. The standard InChI is InChI=1S/C23H32N2/c1-6-9-10-18-11-12-19-20(15-18)25-14-13-24(5)21(25)23(8-3)17(4)16-22(19,23)7-2/h11-16,21H,6-10H2,1-5H3. The zero-order valence-corrected chi connectivity index (χ0v) is 16.5. The molecule has 2 heterocycles. The van der Waals surface area contributed by atoms with Crippen molar-refractivity contribution >= 4 is 5.69 Å². The Morgan fingerprint density at radius 3 is 2.52 bits per heavy atom. The number of aryl methyl sites for hydroxylation is 1. The minimum atomic E-state index is 0.186. The maximum absolute atomic E-state index is 2.57. The minimum absolute atomic E-state index is 0.186. The first-order valence-electron chi connectivity index (χ1n) is 10.1. The summed E-state index contributed by atoms with van der Waals surface area (Å²) in [5.74, 6) is 0. The second-order valence-electron chi connectivity index (χ2n) is 8.18. The average molecular weight is 337 g/mol. The fourth-order valence-corrected chi connectivity index (χ4v) is 6.08. The van der Waals surface area contributed by atoms with Crippen molar-refractivity contribution in [1.82, 2.24) is 4.90 Å². The van der Waals surface area contributed by atoms with E-state index in [0.717, 1.165) is 0 Å². The zero-order valence-electron chi connectivity index (χ0n) is 16.5. The van der Waals surface area contributed by atoms with Crippen molar-refractivity contribution in [2.75, 3.05) is 11.9 Å². The number of unbranched alkanes of at least 4 members (excludes halogenated alkanes) is 1. The van der Waals surface area contributed by atoms with E-state index in [-0.39, 0.29) is 10.8 Å². The molecule has 25 heavy (non-hydrogen) atoms. The number of fused-ring (bicyclic) bond motifs is 6. The van der Waals surface area contributed by atoms with Gasteiger partial charge < -0.3 is 9.80 Å². The van der Waals surface area contributed by atoms with Gasteiger partial charge in [0.05, 0.1) is 0 Å². The third-order valence-corrected chi connectivity index (χ3v) is 7.27. The van der Waals surface area contributed by atoms with E-state index in [1.165, 1.54) is 43.4 Å². The van der Waals surface area contributed by atoms with Crippen LogP contribution in [0, 0.1) is 5.41 Å². The summed E-state index contributed by atoms with van der Waals surface area (Å²) in [7, 11) is 2.25. The van der Waals surface area contributed by atoms with Crippen LogP contribution in [-0.4, -0.2) is 18.1 Å². The Bertz CT molecular complexity index is 746. The van der Waals surface area contributed by atoms with Crippen LogP contribution in [0.2, 0.25) is 0 Å². The molecule has 3 atom stereocenters. The van der Waals surface area contributed by atoms with Crippen LogP contribution >= 0.6 is 0 Å². The number of rotatable bonds is 5. The summed E-state index contributed by atoms with van der Waals surface area (Å²) in [6, 6.07) is 7.30. The summed E-state index contributed by atoms with van der Waals surface area (Å²) < 4.78 is 0. The van der Waals surface area contributed by atoms with Crippen LogP contribution in [-0.2, 0) is 11.8 Å². The van der Waals surface area contributed by atoms with Gasteiger partial charge in [0.15, 0.2) is 0 Å². The maximum atomic E-state index is 2.57. The van der Waals surface area contributed by atoms with E-state index in [2.05, 4.69) is 81.2 Å². The quantitative estimate of drug-likeness (QED) is 0.646. The van der Waals surface area contributed by atoms with E-state index >= 15 is 0 Å². The first-order valence-corrected chi connectivity index (χ1v) is 10.1. The number of allylic oxidation sites excluding steroid dienone is 1. The molecule has 0 N–H and O–H groups in total. The van der Waals surface area contributed by atoms with Gasteiger partial charge >= 0.3 is 0 Å². The van der Waals surface area contributed by atoms with Crippen molar-refractivity contribution in [3.05, 3.63) is 53.4 Å². The van der Waals surface area contributed by atoms with Crippen LogP contribution in [0.4, 0.5) is 5.69 Å². The van der Waals surface area contributed by atoms with Gasteiger partial charge in [0.25, 0.3) is 0 Å². The van der Waals surface area contributed by atoms with Crippen LogP contribution in [0.3, 0.4) is 0 Å². The molecule has 2 heteroatoms. The lowest BCUT2D eigenvalue weighted by Crippen LogP contribution is -2.67. The molecule has 0 saturated carbocycles. The predicted octanol–water partition coefficient (Wildman–Crippen LogP) is 5.60. The molecule has 0 spiro atoms. The summed E-state index contributed by atoms with van der Waals surface area (Å²) in [4.78, 5) is 4.99. The van der Waals surface area contributed by atoms with Gasteiger partial charge in [-0.25, -0.2) is 0 Å². The molecular formula is C23H32N2. The fourth-order valence-electron chi connectivity index (χ4n) is 6.08. The largest absolute Gasteiger partial charge is 0.358 e. The lowest BCUT2D eigenvalue weighted by atomic mass is 9.43. The molecule has 4 rings (SSSR count). The van der Waals surface area contributed by atoms with Gasteiger partial charge in [0.1, 0.15) is 6.17 Å². The molecule has 0 saturated heterocycles. The van der Waals surface area contributed by atoms with E-state index < -0.39 is 0 Å². The Balaban J connectivity index is 1.92.